The molecule has 4 heterocycles. The first kappa shape index (κ1) is 16.8. The van der Waals surface area contributed by atoms with Crippen LogP contribution in [0.4, 0.5) is 20.3 Å². The second kappa shape index (κ2) is 6.65. The van der Waals surface area contributed by atoms with Crippen molar-refractivity contribution in [2.75, 3.05) is 18.5 Å². The lowest BCUT2D eigenvalue weighted by Gasteiger charge is -2.14. The normalized spacial score (nSPS) is 15.6. The molecule has 5 rings (SSSR count). The first-order valence-electron chi connectivity index (χ1n) is 8.82. The summed E-state index contributed by atoms with van der Waals surface area (Å²) < 4.78 is 34.0. The number of aliphatic imine (C=N–C) groups is 1. The van der Waals surface area contributed by atoms with Crippen LogP contribution in [0.25, 0.3) is 16.8 Å². The molecule has 2 N–H and O–H groups in total. The van der Waals surface area contributed by atoms with Crippen molar-refractivity contribution in [2.45, 2.75) is 6.42 Å². The van der Waals surface area contributed by atoms with Crippen molar-refractivity contribution in [1.29, 1.82) is 0 Å². The third kappa shape index (κ3) is 2.78. The first-order valence-corrected chi connectivity index (χ1v) is 8.82. The molecule has 0 saturated carbocycles. The Balaban J connectivity index is 1.69. The molecular formula is C20H15F2N5O. The van der Waals surface area contributed by atoms with Crippen LogP contribution in [0.3, 0.4) is 0 Å². The quantitative estimate of drug-likeness (QED) is 0.704. The van der Waals surface area contributed by atoms with E-state index in [2.05, 4.69) is 25.5 Å². The van der Waals surface area contributed by atoms with Crippen LogP contribution in [0.15, 0.2) is 47.7 Å². The summed E-state index contributed by atoms with van der Waals surface area (Å²) >= 11 is 0. The molecule has 3 aromatic rings. The van der Waals surface area contributed by atoms with E-state index in [1.54, 1.807) is 12.4 Å². The Morgan fingerprint density at radius 2 is 1.96 bits per heavy atom. The average molecular weight is 379 g/mol. The van der Waals surface area contributed by atoms with E-state index >= 15 is 0 Å². The summed E-state index contributed by atoms with van der Waals surface area (Å²) in [7, 11) is 0. The number of benzene rings is 1. The number of halogens is 2. The van der Waals surface area contributed by atoms with Gasteiger partial charge in [0.05, 0.1) is 36.4 Å². The number of fused-ring (bicyclic) bond motifs is 3. The zero-order valence-electron chi connectivity index (χ0n) is 14.7. The van der Waals surface area contributed by atoms with E-state index in [0.717, 1.165) is 17.6 Å². The standard InChI is InChI=1S/C20H15F2N5O/c21-14-2-1-3-15(22)17(14)20-25-16-10-24-27-18(16)13-8-12(9-23-19(13)26-20)11-4-6-28-7-5-11/h1-4,8-10H,5-7H2,(H,24,27)(H,23,25,26). The van der Waals surface area contributed by atoms with Gasteiger partial charge in [0.25, 0.3) is 0 Å². The van der Waals surface area contributed by atoms with Crippen LogP contribution in [-0.2, 0) is 4.74 Å². The largest absolute Gasteiger partial charge is 0.377 e. The van der Waals surface area contributed by atoms with Gasteiger partial charge in [-0.2, -0.15) is 5.10 Å². The molecule has 2 aliphatic heterocycles. The van der Waals surface area contributed by atoms with E-state index in [4.69, 9.17) is 4.74 Å². The number of pyridine rings is 1. The second-order valence-corrected chi connectivity index (χ2v) is 6.49. The molecule has 1 aromatic carbocycles. The van der Waals surface area contributed by atoms with Crippen LogP contribution in [0.2, 0.25) is 0 Å². The highest BCUT2D eigenvalue weighted by molar-refractivity contribution is 6.13. The predicted octanol–water partition coefficient (Wildman–Crippen LogP) is 4.06. The van der Waals surface area contributed by atoms with E-state index in [9.17, 15) is 8.78 Å². The van der Waals surface area contributed by atoms with Crippen LogP contribution in [-0.4, -0.2) is 34.2 Å². The molecule has 0 aliphatic carbocycles. The third-order valence-corrected chi connectivity index (χ3v) is 4.78. The van der Waals surface area contributed by atoms with Gasteiger partial charge in [-0.15, -0.1) is 0 Å². The maximum absolute atomic E-state index is 14.3. The fourth-order valence-electron chi connectivity index (χ4n) is 3.39. The molecule has 0 atom stereocenters. The molecular weight excluding hydrogens is 364 g/mol. The molecule has 2 aromatic heterocycles. The Morgan fingerprint density at radius 1 is 1.11 bits per heavy atom. The molecule has 8 heteroatoms. The Hall–Kier alpha value is -3.39. The highest BCUT2D eigenvalue weighted by atomic mass is 19.1. The molecule has 2 aliphatic rings. The van der Waals surface area contributed by atoms with Crippen molar-refractivity contribution in [3.05, 3.63) is 65.5 Å². The lowest BCUT2D eigenvalue weighted by Crippen LogP contribution is -2.16. The Bertz CT molecular complexity index is 1120. The zero-order valence-corrected chi connectivity index (χ0v) is 14.7. The molecule has 0 radical (unpaired) electrons. The van der Waals surface area contributed by atoms with Crippen molar-refractivity contribution in [2.24, 2.45) is 4.99 Å². The fraction of sp³-hybridized carbons (Fsp3) is 0.150. The third-order valence-electron chi connectivity index (χ3n) is 4.78. The van der Waals surface area contributed by atoms with Gasteiger partial charge in [0, 0.05) is 11.8 Å². The van der Waals surface area contributed by atoms with Gasteiger partial charge in [0.2, 0.25) is 0 Å². The Morgan fingerprint density at radius 3 is 2.75 bits per heavy atom. The van der Waals surface area contributed by atoms with Gasteiger partial charge in [-0.3, -0.25) is 5.10 Å². The van der Waals surface area contributed by atoms with E-state index < -0.39 is 11.6 Å². The summed E-state index contributed by atoms with van der Waals surface area (Å²) in [5, 5.41) is 9.98. The Labute approximate surface area is 159 Å². The SMILES string of the molecule is Fc1cccc(F)c1C1=Nc2ncc(C3=CCOCC3)cc2-c2[nH]ncc2N1. The van der Waals surface area contributed by atoms with Crippen LogP contribution in [0, 0.1) is 11.6 Å². The fourth-order valence-corrected chi connectivity index (χ4v) is 3.39. The maximum Gasteiger partial charge on any atom is 0.163 e. The number of aromatic amines is 1. The number of amidine groups is 1. The maximum atomic E-state index is 14.3. The number of hydrogen-bond acceptors (Lipinski definition) is 5. The van der Waals surface area contributed by atoms with E-state index in [0.29, 0.717) is 36.0 Å². The molecule has 0 bridgehead atoms. The average Bonchev–Trinajstić information content (AvgIpc) is 3.11. The number of nitrogens with one attached hydrogen (secondary N) is 2. The zero-order chi connectivity index (χ0) is 19.1. The van der Waals surface area contributed by atoms with Crippen molar-refractivity contribution in [3.63, 3.8) is 0 Å². The summed E-state index contributed by atoms with van der Waals surface area (Å²) in [6.45, 7) is 1.23. The van der Waals surface area contributed by atoms with Crippen LogP contribution in [0.5, 0.6) is 0 Å². The van der Waals surface area contributed by atoms with Gasteiger partial charge >= 0.3 is 0 Å². The summed E-state index contributed by atoms with van der Waals surface area (Å²) in [5.41, 5.74) is 3.80. The monoisotopic (exact) mass is 379 g/mol. The highest BCUT2D eigenvalue weighted by Gasteiger charge is 2.24. The molecule has 0 amide bonds. The van der Waals surface area contributed by atoms with Gasteiger partial charge < -0.3 is 10.1 Å². The molecule has 28 heavy (non-hydrogen) atoms. The highest BCUT2D eigenvalue weighted by Crippen LogP contribution is 2.38. The Kier molecular flexibility index (Phi) is 3.98. The van der Waals surface area contributed by atoms with Gasteiger partial charge in [-0.05, 0) is 35.8 Å². The van der Waals surface area contributed by atoms with Crippen molar-refractivity contribution < 1.29 is 13.5 Å². The number of hydrogen-bond donors (Lipinski definition) is 2. The summed E-state index contributed by atoms with van der Waals surface area (Å²) in [6.07, 6.45) is 6.10. The molecule has 0 spiro atoms. The molecule has 6 nitrogen and oxygen atoms in total. The van der Waals surface area contributed by atoms with Crippen LogP contribution in [0.1, 0.15) is 17.5 Å². The number of ether oxygens (including phenoxy) is 1. The second-order valence-electron chi connectivity index (χ2n) is 6.49. The smallest absolute Gasteiger partial charge is 0.163 e. The van der Waals surface area contributed by atoms with Crippen LogP contribution >= 0.6 is 0 Å². The minimum absolute atomic E-state index is 0.0440. The number of rotatable bonds is 2. The van der Waals surface area contributed by atoms with E-state index in [1.807, 2.05) is 12.1 Å². The van der Waals surface area contributed by atoms with Gasteiger partial charge in [0.1, 0.15) is 17.5 Å². The van der Waals surface area contributed by atoms with Gasteiger partial charge in [-0.1, -0.05) is 12.1 Å². The predicted molar refractivity (Wildman–Crippen MR) is 101 cm³/mol. The molecule has 0 saturated heterocycles. The van der Waals surface area contributed by atoms with E-state index in [-0.39, 0.29) is 11.4 Å². The number of H-pyrrole nitrogens is 1. The van der Waals surface area contributed by atoms with Gasteiger partial charge in [-0.25, -0.2) is 18.8 Å². The summed E-state index contributed by atoms with van der Waals surface area (Å²) in [4.78, 5) is 8.89. The number of anilines is 1. The minimum atomic E-state index is -0.705. The summed E-state index contributed by atoms with van der Waals surface area (Å²) in [5.74, 6) is -1.01. The van der Waals surface area contributed by atoms with Crippen LogP contribution < -0.4 is 5.32 Å². The molecule has 0 fully saturated rings. The number of nitrogens with zero attached hydrogens (tertiary/aromatic N) is 3. The van der Waals surface area contributed by atoms with Crippen molar-refractivity contribution in [3.8, 4) is 11.3 Å². The lowest BCUT2D eigenvalue weighted by molar-refractivity contribution is 0.161. The van der Waals surface area contributed by atoms with E-state index in [1.165, 1.54) is 18.2 Å². The number of aromatic nitrogens is 3. The lowest BCUT2D eigenvalue weighted by atomic mass is 10.0. The topological polar surface area (TPSA) is 75.2 Å². The molecule has 140 valence electrons. The van der Waals surface area contributed by atoms with Crippen molar-refractivity contribution in [1.82, 2.24) is 15.2 Å². The molecule has 0 unspecified atom stereocenters. The first-order chi connectivity index (χ1) is 13.7. The minimum Gasteiger partial charge on any atom is -0.377 e. The van der Waals surface area contributed by atoms with Gasteiger partial charge in [0.15, 0.2) is 5.82 Å². The summed E-state index contributed by atoms with van der Waals surface area (Å²) in [6, 6.07) is 5.66. The van der Waals surface area contributed by atoms with Crippen molar-refractivity contribution >= 4 is 22.9 Å².